The predicted octanol–water partition coefficient (Wildman–Crippen LogP) is 2.88. The summed E-state index contributed by atoms with van der Waals surface area (Å²) in [5, 5.41) is 7.66. The summed E-state index contributed by atoms with van der Waals surface area (Å²) >= 11 is 6.45. The molecule has 5 nitrogen and oxygen atoms in total. The van der Waals surface area contributed by atoms with Crippen molar-refractivity contribution >= 4 is 23.6 Å². The van der Waals surface area contributed by atoms with Crippen LogP contribution in [-0.2, 0) is 11.3 Å². The molecule has 0 bridgehead atoms. The van der Waals surface area contributed by atoms with Crippen molar-refractivity contribution in [3.63, 3.8) is 0 Å². The number of hydrogen-bond donors (Lipinski definition) is 1. The van der Waals surface area contributed by atoms with Crippen LogP contribution in [-0.4, -0.2) is 22.3 Å². The van der Waals surface area contributed by atoms with E-state index >= 15 is 0 Å². The number of hydrogen-bond acceptors (Lipinski definition) is 6. The average molecular weight is 269 g/mol. The smallest absolute Gasteiger partial charge is 0.284 e. The first-order valence-electron chi connectivity index (χ1n) is 5.32. The van der Waals surface area contributed by atoms with Crippen LogP contribution in [0.3, 0.4) is 0 Å². The zero-order valence-corrected chi connectivity index (χ0v) is 10.9. The number of nitrogens with zero attached hydrogens (tertiary/aromatic N) is 2. The maximum atomic E-state index is 5.36. The van der Waals surface area contributed by atoms with Crippen LogP contribution in [0.4, 0.5) is 0 Å². The van der Waals surface area contributed by atoms with Gasteiger partial charge in [0.2, 0.25) is 0 Å². The summed E-state index contributed by atoms with van der Waals surface area (Å²) in [7, 11) is 1.66. The Balaban J connectivity index is 2.04. The fourth-order valence-corrected chi connectivity index (χ4v) is 2.85. The topological polar surface area (TPSA) is 63.9 Å². The van der Waals surface area contributed by atoms with Crippen molar-refractivity contribution in [2.24, 2.45) is 0 Å². The number of H-pyrrole nitrogens is 1. The first kappa shape index (κ1) is 11.1. The van der Waals surface area contributed by atoms with Crippen molar-refractivity contribution in [2.75, 3.05) is 7.11 Å². The Kier molecular flexibility index (Phi) is 2.81. The highest BCUT2D eigenvalue weighted by Gasteiger charge is 2.31. The minimum absolute atomic E-state index is 0.295. The number of ether oxygens (including phenoxy) is 1. The zero-order valence-electron chi connectivity index (χ0n) is 9.23. The standard InChI is InChI=1S/C10H11N3O2S2/c1-14-4-6-11-7(5-2-3-5)8(17-6)9-12-13-10(16)15-9/h5H,2-4H2,1H3,(H,13,16). The van der Waals surface area contributed by atoms with Gasteiger partial charge in [-0.05, 0) is 25.1 Å². The second kappa shape index (κ2) is 4.32. The zero-order chi connectivity index (χ0) is 11.8. The van der Waals surface area contributed by atoms with Gasteiger partial charge in [0.25, 0.3) is 10.7 Å². The van der Waals surface area contributed by atoms with Crippen LogP contribution in [0.15, 0.2) is 4.42 Å². The highest BCUT2D eigenvalue weighted by molar-refractivity contribution is 7.71. The Morgan fingerprint density at radius 1 is 1.59 bits per heavy atom. The Hall–Kier alpha value is -1.05. The van der Waals surface area contributed by atoms with E-state index in [9.17, 15) is 0 Å². The van der Waals surface area contributed by atoms with Crippen LogP contribution in [0.2, 0.25) is 0 Å². The third kappa shape index (κ3) is 2.18. The molecule has 0 unspecified atom stereocenters. The first-order valence-corrected chi connectivity index (χ1v) is 6.55. The molecule has 7 heteroatoms. The normalized spacial score (nSPS) is 15.4. The van der Waals surface area contributed by atoms with Gasteiger partial charge in [0, 0.05) is 13.0 Å². The lowest BCUT2D eigenvalue weighted by Crippen LogP contribution is -1.87. The molecule has 1 aliphatic carbocycles. The van der Waals surface area contributed by atoms with Crippen LogP contribution < -0.4 is 0 Å². The van der Waals surface area contributed by atoms with Crippen LogP contribution in [0, 0.1) is 4.84 Å². The van der Waals surface area contributed by atoms with Gasteiger partial charge in [-0.15, -0.1) is 16.4 Å². The summed E-state index contributed by atoms with van der Waals surface area (Å²) in [4.78, 5) is 5.87. The molecule has 0 radical (unpaired) electrons. The number of thiazole rings is 1. The van der Waals surface area contributed by atoms with Gasteiger partial charge < -0.3 is 9.15 Å². The van der Waals surface area contributed by atoms with Gasteiger partial charge >= 0.3 is 0 Å². The monoisotopic (exact) mass is 269 g/mol. The highest BCUT2D eigenvalue weighted by atomic mass is 32.1. The molecule has 17 heavy (non-hydrogen) atoms. The van der Waals surface area contributed by atoms with E-state index in [1.54, 1.807) is 18.4 Å². The molecule has 2 aromatic heterocycles. The van der Waals surface area contributed by atoms with Gasteiger partial charge in [-0.25, -0.2) is 10.1 Å². The van der Waals surface area contributed by atoms with E-state index in [4.69, 9.17) is 21.4 Å². The molecule has 3 rings (SSSR count). The molecule has 1 N–H and O–H groups in total. The van der Waals surface area contributed by atoms with Gasteiger partial charge in [0.1, 0.15) is 9.88 Å². The first-order chi connectivity index (χ1) is 8.28. The number of nitrogens with one attached hydrogen (secondary N) is 1. The summed E-state index contributed by atoms with van der Waals surface area (Å²) in [6.45, 7) is 0.523. The Labute approximate surface area is 107 Å². The van der Waals surface area contributed by atoms with Crippen LogP contribution in [0.5, 0.6) is 0 Å². The number of aromatic nitrogens is 3. The van der Waals surface area contributed by atoms with E-state index in [1.165, 1.54) is 12.8 Å². The summed E-state index contributed by atoms with van der Waals surface area (Å²) in [6, 6.07) is 0. The van der Waals surface area contributed by atoms with Crippen molar-refractivity contribution in [3.8, 4) is 10.8 Å². The largest absolute Gasteiger partial charge is 0.408 e. The molecule has 0 saturated heterocycles. The molecule has 0 spiro atoms. The van der Waals surface area contributed by atoms with Crippen molar-refractivity contribution in [3.05, 3.63) is 15.5 Å². The quantitative estimate of drug-likeness (QED) is 0.865. The van der Waals surface area contributed by atoms with Gasteiger partial charge in [0.05, 0.1) is 12.3 Å². The molecule has 0 aliphatic heterocycles. The Morgan fingerprint density at radius 2 is 2.41 bits per heavy atom. The minimum Gasteiger partial charge on any atom is -0.408 e. The molecule has 2 heterocycles. The lowest BCUT2D eigenvalue weighted by molar-refractivity contribution is 0.184. The third-order valence-corrected chi connectivity index (χ3v) is 3.77. The number of rotatable bonds is 4. The van der Waals surface area contributed by atoms with Gasteiger partial charge in [0.15, 0.2) is 0 Å². The molecular formula is C10H11N3O2S2. The van der Waals surface area contributed by atoms with Crippen molar-refractivity contribution < 1.29 is 9.15 Å². The van der Waals surface area contributed by atoms with Crippen LogP contribution in [0.1, 0.15) is 29.5 Å². The summed E-state index contributed by atoms with van der Waals surface area (Å²) in [5.74, 6) is 1.09. The van der Waals surface area contributed by atoms with E-state index in [2.05, 4.69) is 15.2 Å². The average Bonchev–Trinajstić information content (AvgIpc) is 2.93. The summed E-state index contributed by atoms with van der Waals surface area (Å²) < 4.78 is 10.5. The van der Waals surface area contributed by atoms with E-state index in [-0.39, 0.29) is 0 Å². The molecule has 90 valence electrons. The number of aromatic amines is 1. The fourth-order valence-electron chi connectivity index (χ4n) is 1.68. The molecule has 1 fully saturated rings. The van der Waals surface area contributed by atoms with Gasteiger partial charge in [-0.3, -0.25) is 0 Å². The van der Waals surface area contributed by atoms with Crippen molar-refractivity contribution in [1.29, 1.82) is 0 Å². The lowest BCUT2D eigenvalue weighted by atomic mass is 10.2. The van der Waals surface area contributed by atoms with Crippen LogP contribution >= 0.6 is 23.6 Å². The molecule has 0 aromatic carbocycles. The molecule has 0 amide bonds. The molecule has 2 aromatic rings. The van der Waals surface area contributed by atoms with Crippen molar-refractivity contribution in [1.82, 2.24) is 15.2 Å². The lowest BCUT2D eigenvalue weighted by Gasteiger charge is -1.93. The third-order valence-electron chi connectivity index (χ3n) is 2.56. The van der Waals surface area contributed by atoms with E-state index in [0.717, 1.165) is 15.6 Å². The van der Waals surface area contributed by atoms with E-state index < -0.39 is 0 Å². The molecule has 1 saturated carbocycles. The maximum absolute atomic E-state index is 5.36. The second-order valence-electron chi connectivity index (χ2n) is 3.95. The molecule has 0 atom stereocenters. The highest BCUT2D eigenvalue weighted by Crippen LogP contribution is 2.45. The predicted molar refractivity (Wildman–Crippen MR) is 65.5 cm³/mol. The SMILES string of the molecule is COCc1nc(C2CC2)c(-c2n[nH]c(=S)o2)s1. The maximum Gasteiger partial charge on any atom is 0.284 e. The minimum atomic E-state index is 0.295. The summed E-state index contributed by atoms with van der Waals surface area (Å²) in [6.07, 6.45) is 2.38. The van der Waals surface area contributed by atoms with E-state index in [1.807, 2.05) is 0 Å². The Bertz CT molecular complexity index is 582. The van der Waals surface area contributed by atoms with Crippen molar-refractivity contribution in [2.45, 2.75) is 25.4 Å². The summed E-state index contributed by atoms with van der Waals surface area (Å²) in [5.41, 5.74) is 1.08. The van der Waals surface area contributed by atoms with Gasteiger partial charge in [-0.2, -0.15) is 0 Å². The molecule has 1 aliphatic rings. The number of methoxy groups -OCH3 is 1. The van der Waals surface area contributed by atoms with Gasteiger partial charge in [-0.1, -0.05) is 0 Å². The Morgan fingerprint density at radius 3 is 3.00 bits per heavy atom. The molecular weight excluding hydrogens is 258 g/mol. The van der Waals surface area contributed by atoms with E-state index in [0.29, 0.717) is 23.3 Å². The fraction of sp³-hybridized carbons (Fsp3) is 0.500. The van der Waals surface area contributed by atoms with Crippen LogP contribution in [0.25, 0.3) is 10.8 Å². The second-order valence-corrected chi connectivity index (χ2v) is 5.40.